The first-order chi connectivity index (χ1) is 14.7. The molecule has 1 fully saturated rings. The normalized spacial score (nSPS) is 20.8. The highest BCUT2D eigenvalue weighted by Gasteiger charge is 2.51. The summed E-state index contributed by atoms with van der Waals surface area (Å²) in [6, 6.07) is 11.7. The van der Waals surface area contributed by atoms with Crippen molar-refractivity contribution in [1.82, 2.24) is 0 Å². The molecular formula is C22H21F3O5S. The van der Waals surface area contributed by atoms with Crippen molar-refractivity contribution in [1.29, 1.82) is 0 Å². The van der Waals surface area contributed by atoms with Crippen LogP contribution >= 0.6 is 0 Å². The molecular weight excluding hydrogens is 433 g/mol. The summed E-state index contributed by atoms with van der Waals surface area (Å²) in [5.41, 5.74) is -3.39. The van der Waals surface area contributed by atoms with Gasteiger partial charge in [0.25, 0.3) is 0 Å². The third-order valence-electron chi connectivity index (χ3n) is 5.91. The number of rotatable bonds is 5. The van der Waals surface area contributed by atoms with E-state index in [9.17, 15) is 21.6 Å². The zero-order chi connectivity index (χ0) is 22.4. The smallest absolute Gasteiger partial charge is 0.497 e. The van der Waals surface area contributed by atoms with Crippen molar-refractivity contribution in [2.75, 3.05) is 14.2 Å². The van der Waals surface area contributed by atoms with Crippen LogP contribution in [-0.2, 0) is 14.3 Å². The van der Waals surface area contributed by atoms with Gasteiger partial charge in [-0.1, -0.05) is 18.6 Å². The van der Waals surface area contributed by atoms with Gasteiger partial charge in [-0.05, 0) is 66.1 Å². The molecule has 1 saturated carbocycles. The number of methoxy groups -OCH3 is 2. The van der Waals surface area contributed by atoms with Gasteiger partial charge < -0.3 is 13.7 Å². The second-order valence-corrected chi connectivity index (χ2v) is 9.09. The Hall–Kier alpha value is -2.68. The lowest BCUT2D eigenvalue weighted by Gasteiger charge is -2.33. The Labute approximate surface area is 178 Å². The Morgan fingerprint density at radius 2 is 1.52 bits per heavy atom. The highest BCUT2D eigenvalue weighted by Crippen LogP contribution is 2.55. The average molecular weight is 454 g/mol. The SMILES string of the molecule is COc1ccc(C2=C(OS(=O)(=O)C(F)(F)F)c3ccc(OC)cc3[C@@H]3CCC[C@H]23)cc1. The summed E-state index contributed by atoms with van der Waals surface area (Å²) in [5, 5.41) is 0. The number of allylic oxidation sites excluding steroid dienone is 1. The van der Waals surface area contributed by atoms with Crippen molar-refractivity contribution in [3.63, 3.8) is 0 Å². The summed E-state index contributed by atoms with van der Waals surface area (Å²) in [6.45, 7) is 0. The van der Waals surface area contributed by atoms with E-state index in [1.165, 1.54) is 14.2 Å². The van der Waals surface area contributed by atoms with Crippen molar-refractivity contribution in [2.45, 2.75) is 30.7 Å². The Balaban J connectivity index is 1.97. The maximum absolute atomic E-state index is 13.2. The van der Waals surface area contributed by atoms with Crippen LogP contribution < -0.4 is 9.47 Å². The molecule has 2 atom stereocenters. The van der Waals surface area contributed by atoms with Crippen LogP contribution in [0.5, 0.6) is 11.5 Å². The second-order valence-electron chi connectivity index (χ2n) is 7.55. The zero-order valence-corrected chi connectivity index (χ0v) is 17.7. The molecule has 0 spiro atoms. The van der Waals surface area contributed by atoms with Crippen LogP contribution in [0.1, 0.15) is 41.9 Å². The van der Waals surface area contributed by atoms with Crippen LogP contribution in [0.4, 0.5) is 13.2 Å². The number of hydrogen-bond donors (Lipinski definition) is 0. The van der Waals surface area contributed by atoms with Gasteiger partial charge in [-0.25, -0.2) is 0 Å². The third kappa shape index (κ3) is 3.75. The van der Waals surface area contributed by atoms with Crippen molar-refractivity contribution in [3.8, 4) is 11.5 Å². The monoisotopic (exact) mass is 454 g/mol. The van der Waals surface area contributed by atoms with Crippen LogP contribution in [0, 0.1) is 5.92 Å². The van der Waals surface area contributed by atoms with E-state index in [2.05, 4.69) is 0 Å². The number of hydrogen-bond acceptors (Lipinski definition) is 5. The van der Waals surface area contributed by atoms with Gasteiger partial charge in [0.15, 0.2) is 5.76 Å². The lowest BCUT2D eigenvalue weighted by molar-refractivity contribution is -0.0509. The number of ether oxygens (including phenoxy) is 2. The van der Waals surface area contributed by atoms with Gasteiger partial charge >= 0.3 is 15.6 Å². The van der Waals surface area contributed by atoms with Gasteiger partial charge in [0, 0.05) is 11.1 Å². The predicted octanol–water partition coefficient (Wildman–Crippen LogP) is 5.34. The maximum atomic E-state index is 13.2. The van der Waals surface area contributed by atoms with Crippen molar-refractivity contribution >= 4 is 21.5 Å². The summed E-state index contributed by atoms with van der Waals surface area (Å²) in [4.78, 5) is 0. The van der Waals surface area contributed by atoms with E-state index in [1.54, 1.807) is 42.5 Å². The van der Waals surface area contributed by atoms with E-state index in [0.717, 1.165) is 18.4 Å². The van der Waals surface area contributed by atoms with Crippen LogP contribution in [-0.4, -0.2) is 28.1 Å². The van der Waals surface area contributed by atoms with Gasteiger partial charge in [0.05, 0.1) is 14.2 Å². The van der Waals surface area contributed by atoms with Gasteiger partial charge in [0.1, 0.15) is 11.5 Å². The third-order valence-corrected chi connectivity index (χ3v) is 6.86. The minimum atomic E-state index is -5.85. The molecule has 9 heteroatoms. The predicted molar refractivity (Wildman–Crippen MR) is 109 cm³/mol. The quantitative estimate of drug-likeness (QED) is 0.451. The molecule has 5 nitrogen and oxygen atoms in total. The highest BCUT2D eigenvalue weighted by molar-refractivity contribution is 7.87. The Morgan fingerprint density at radius 3 is 2.13 bits per heavy atom. The van der Waals surface area contributed by atoms with E-state index in [0.29, 0.717) is 34.6 Å². The fourth-order valence-electron chi connectivity index (χ4n) is 4.54. The van der Waals surface area contributed by atoms with E-state index in [-0.39, 0.29) is 17.6 Å². The summed E-state index contributed by atoms with van der Waals surface area (Å²) >= 11 is 0. The Morgan fingerprint density at radius 1 is 0.903 bits per heavy atom. The number of benzene rings is 2. The van der Waals surface area contributed by atoms with Crippen molar-refractivity contribution in [3.05, 3.63) is 59.2 Å². The topological polar surface area (TPSA) is 61.8 Å². The average Bonchev–Trinajstić information content (AvgIpc) is 3.22. The second kappa shape index (κ2) is 7.78. The zero-order valence-electron chi connectivity index (χ0n) is 16.9. The summed E-state index contributed by atoms with van der Waals surface area (Å²) in [5.74, 6) is 0.715. The molecule has 2 aromatic carbocycles. The molecule has 2 aliphatic rings. The molecule has 166 valence electrons. The molecule has 0 saturated heterocycles. The minimum Gasteiger partial charge on any atom is -0.497 e. The van der Waals surface area contributed by atoms with E-state index >= 15 is 0 Å². The first-order valence-electron chi connectivity index (χ1n) is 9.74. The van der Waals surface area contributed by atoms with E-state index < -0.39 is 15.6 Å². The first kappa shape index (κ1) is 21.5. The van der Waals surface area contributed by atoms with Crippen LogP contribution in [0.25, 0.3) is 11.3 Å². The van der Waals surface area contributed by atoms with Gasteiger partial charge in [-0.2, -0.15) is 21.6 Å². The van der Waals surface area contributed by atoms with Gasteiger partial charge in [0.2, 0.25) is 0 Å². The van der Waals surface area contributed by atoms with Crippen molar-refractivity contribution in [2.24, 2.45) is 5.92 Å². The van der Waals surface area contributed by atoms with Gasteiger partial charge in [-0.3, -0.25) is 0 Å². The molecule has 0 heterocycles. The van der Waals surface area contributed by atoms with Crippen molar-refractivity contribution < 1.29 is 35.2 Å². The molecule has 4 rings (SSSR count). The molecule has 0 bridgehead atoms. The molecule has 0 N–H and O–H groups in total. The molecule has 2 aromatic rings. The molecule has 0 amide bonds. The Bertz CT molecular complexity index is 1120. The molecule has 0 radical (unpaired) electrons. The summed E-state index contributed by atoms with van der Waals surface area (Å²) in [7, 11) is -2.84. The van der Waals surface area contributed by atoms with Gasteiger partial charge in [-0.15, -0.1) is 0 Å². The summed E-state index contributed by atoms with van der Waals surface area (Å²) in [6.07, 6.45) is 2.41. The van der Waals surface area contributed by atoms with Crippen LogP contribution in [0.3, 0.4) is 0 Å². The molecule has 2 aliphatic carbocycles. The van der Waals surface area contributed by atoms with Crippen LogP contribution in [0.2, 0.25) is 0 Å². The number of fused-ring (bicyclic) bond motifs is 3. The molecule has 31 heavy (non-hydrogen) atoms. The standard InChI is InChI=1S/C22H21F3O5S/c1-28-14-8-6-13(7-9-14)20-17-5-3-4-16(17)19-12-15(29-2)10-11-18(19)21(20)30-31(26,27)22(23,24)25/h6-12,16-17H,3-5H2,1-2H3/t16-,17+/m1/s1. The lowest BCUT2D eigenvalue weighted by atomic mass is 9.73. The maximum Gasteiger partial charge on any atom is 0.534 e. The van der Waals surface area contributed by atoms with Crippen LogP contribution in [0.15, 0.2) is 42.5 Å². The molecule has 0 unspecified atom stereocenters. The molecule has 0 aliphatic heterocycles. The number of halogens is 3. The Kier molecular flexibility index (Phi) is 5.41. The largest absolute Gasteiger partial charge is 0.534 e. The highest BCUT2D eigenvalue weighted by atomic mass is 32.2. The summed E-state index contributed by atoms with van der Waals surface area (Å²) < 4.78 is 78.9. The first-order valence-corrected chi connectivity index (χ1v) is 11.1. The molecule has 0 aromatic heterocycles. The fourth-order valence-corrected chi connectivity index (χ4v) is 5.03. The fraction of sp³-hybridized carbons (Fsp3) is 0.364. The number of alkyl halides is 3. The van der Waals surface area contributed by atoms with E-state index in [1.807, 2.05) is 0 Å². The van der Waals surface area contributed by atoms with E-state index in [4.69, 9.17) is 13.7 Å². The lowest BCUT2D eigenvalue weighted by Crippen LogP contribution is -2.27. The minimum absolute atomic E-state index is 0.0307.